The largest absolute Gasteiger partial charge is 0.494 e. The van der Waals surface area contributed by atoms with Gasteiger partial charge in [-0.2, -0.15) is 0 Å². The molecule has 0 aliphatic heterocycles. The normalized spacial score (nSPS) is 10.2. The van der Waals surface area contributed by atoms with Gasteiger partial charge in [0.1, 0.15) is 11.6 Å². The summed E-state index contributed by atoms with van der Waals surface area (Å²) in [7, 11) is 0. The molecule has 6 nitrogen and oxygen atoms in total. The summed E-state index contributed by atoms with van der Waals surface area (Å²) < 4.78 is 5.43. The highest BCUT2D eigenvalue weighted by atomic mass is 16.5. The van der Waals surface area contributed by atoms with Gasteiger partial charge >= 0.3 is 0 Å². The van der Waals surface area contributed by atoms with E-state index in [1.807, 2.05) is 31.2 Å². The minimum Gasteiger partial charge on any atom is -0.494 e. The molecule has 0 radical (unpaired) electrons. The van der Waals surface area contributed by atoms with Crippen LogP contribution in [0.3, 0.4) is 0 Å². The summed E-state index contributed by atoms with van der Waals surface area (Å²) >= 11 is 0. The van der Waals surface area contributed by atoms with Gasteiger partial charge < -0.3 is 15.4 Å². The average molecular weight is 375 g/mol. The van der Waals surface area contributed by atoms with E-state index in [1.54, 1.807) is 42.6 Å². The Morgan fingerprint density at radius 2 is 1.79 bits per heavy atom. The Morgan fingerprint density at radius 1 is 1.00 bits per heavy atom. The molecule has 2 aromatic carbocycles. The number of hydrogen-bond acceptors (Lipinski definition) is 5. The third kappa shape index (κ3) is 4.73. The Kier molecular flexibility index (Phi) is 6.01. The molecule has 1 heterocycles. The van der Waals surface area contributed by atoms with Crippen molar-refractivity contribution in [2.45, 2.75) is 13.8 Å². The molecule has 6 heteroatoms. The number of nitrogens with one attached hydrogen (secondary N) is 2. The van der Waals surface area contributed by atoms with Crippen LogP contribution < -0.4 is 15.4 Å². The first-order valence-electron chi connectivity index (χ1n) is 8.94. The molecule has 0 aliphatic rings. The van der Waals surface area contributed by atoms with Crippen LogP contribution in [0.5, 0.6) is 5.75 Å². The number of hydrogen-bond donors (Lipinski definition) is 2. The summed E-state index contributed by atoms with van der Waals surface area (Å²) in [4.78, 5) is 28.6. The molecule has 0 saturated carbocycles. The number of benzene rings is 2. The zero-order valence-corrected chi connectivity index (χ0v) is 15.7. The number of rotatable bonds is 7. The summed E-state index contributed by atoms with van der Waals surface area (Å²) in [6.07, 6.45) is 1.62. The molecule has 0 atom stereocenters. The van der Waals surface area contributed by atoms with Crippen molar-refractivity contribution in [3.05, 3.63) is 78.0 Å². The minimum absolute atomic E-state index is 0.0599. The predicted molar refractivity (Wildman–Crippen MR) is 110 cm³/mol. The van der Waals surface area contributed by atoms with E-state index in [0.29, 0.717) is 29.2 Å². The standard InChI is InChI=1S/C22H21N3O3/c1-3-28-19-11-9-17(10-12-19)24-21-20(8-5-13-23-21)22(27)25-18-7-4-6-16(14-18)15(2)26/h4-14H,3H2,1-2H3,(H,23,24)(H,25,27). The number of ketones is 1. The van der Waals surface area contributed by atoms with Crippen molar-refractivity contribution in [1.82, 2.24) is 4.98 Å². The Bertz CT molecular complexity index is 984. The number of Topliss-reactive ketones (excluding diaryl/α,β-unsaturated/α-hetero) is 1. The lowest BCUT2D eigenvalue weighted by molar-refractivity contribution is 0.101. The van der Waals surface area contributed by atoms with Crippen molar-refractivity contribution in [2.75, 3.05) is 17.2 Å². The molecular formula is C22H21N3O3. The summed E-state index contributed by atoms with van der Waals surface area (Å²) in [5.74, 6) is 0.835. The van der Waals surface area contributed by atoms with Crippen LogP contribution >= 0.6 is 0 Å². The highest BCUT2D eigenvalue weighted by molar-refractivity contribution is 6.08. The molecule has 0 saturated heterocycles. The van der Waals surface area contributed by atoms with E-state index < -0.39 is 0 Å². The smallest absolute Gasteiger partial charge is 0.259 e. The quantitative estimate of drug-likeness (QED) is 0.586. The van der Waals surface area contributed by atoms with E-state index in [-0.39, 0.29) is 11.7 Å². The fraction of sp³-hybridized carbons (Fsp3) is 0.136. The maximum atomic E-state index is 12.7. The molecule has 1 aromatic heterocycles. The van der Waals surface area contributed by atoms with Crippen LogP contribution in [0.2, 0.25) is 0 Å². The zero-order chi connectivity index (χ0) is 19.9. The molecule has 0 spiro atoms. The summed E-state index contributed by atoms with van der Waals surface area (Å²) in [6.45, 7) is 4.01. The molecule has 0 unspecified atom stereocenters. The van der Waals surface area contributed by atoms with E-state index in [0.717, 1.165) is 11.4 Å². The first-order chi connectivity index (χ1) is 13.6. The van der Waals surface area contributed by atoms with Gasteiger partial charge in [0.05, 0.1) is 12.2 Å². The number of nitrogens with zero attached hydrogens (tertiary/aromatic N) is 1. The van der Waals surface area contributed by atoms with Gasteiger partial charge in [0.2, 0.25) is 0 Å². The van der Waals surface area contributed by atoms with Crippen LogP contribution in [0.15, 0.2) is 66.9 Å². The summed E-state index contributed by atoms with van der Waals surface area (Å²) in [5, 5.41) is 5.97. The molecule has 2 N–H and O–H groups in total. The molecule has 3 rings (SSSR count). The Labute approximate surface area is 163 Å². The zero-order valence-electron chi connectivity index (χ0n) is 15.7. The van der Waals surface area contributed by atoms with Gasteiger partial charge in [-0.05, 0) is 62.4 Å². The van der Waals surface area contributed by atoms with Crippen molar-refractivity contribution in [3.8, 4) is 5.75 Å². The number of amides is 1. The first kappa shape index (κ1) is 19.1. The van der Waals surface area contributed by atoms with Crippen LogP contribution in [-0.4, -0.2) is 23.3 Å². The fourth-order valence-corrected chi connectivity index (χ4v) is 2.64. The topological polar surface area (TPSA) is 80.3 Å². The van der Waals surface area contributed by atoms with Crippen LogP contribution in [0.25, 0.3) is 0 Å². The van der Waals surface area contributed by atoms with E-state index in [4.69, 9.17) is 4.74 Å². The van der Waals surface area contributed by atoms with Crippen molar-refractivity contribution < 1.29 is 14.3 Å². The van der Waals surface area contributed by atoms with E-state index in [2.05, 4.69) is 15.6 Å². The Balaban J connectivity index is 1.78. The Hall–Kier alpha value is -3.67. The maximum Gasteiger partial charge on any atom is 0.259 e. The molecule has 3 aromatic rings. The SMILES string of the molecule is CCOc1ccc(Nc2ncccc2C(=O)Nc2cccc(C(C)=O)c2)cc1. The lowest BCUT2D eigenvalue weighted by Gasteiger charge is -2.12. The highest BCUT2D eigenvalue weighted by Crippen LogP contribution is 2.22. The van der Waals surface area contributed by atoms with Gasteiger partial charge in [-0.15, -0.1) is 0 Å². The van der Waals surface area contributed by atoms with Gasteiger partial charge in [0, 0.05) is 23.1 Å². The lowest BCUT2D eigenvalue weighted by Crippen LogP contribution is -2.15. The maximum absolute atomic E-state index is 12.7. The minimum atomic E-state index is -0.317. The molecule has 0 fully saturated rings. The van der Waals surface area contributed by atoms with Crippen LogP contribution in [0, 0.1) is 0 Å². The van der Waals surface area contributed by atoms with E-state index >= 15 is 0 Å². The number of carbonyl (C=O) groups is 2. The number of pyridine rings is 1. The number of aromatic nitrogens is 1. The van der Waals surface area contributed by atoms with Gasteiger partial charge in [-0.3, -0.25) is 9.59 Å². The van der Waals surface area contributed by atoms with Gasteiger partial charge in [0.15, 0.2) is 5.78 Å². The van der Waals surface area contributed by atoms with Crippen LogP contribution in [-0.2, 0) is 0 Å². The molecule has 1 amide bonds. The molecule has 142 valence electrons. The van der Waals surface area contributed by atoms with Crippen LogP contribution in [0.4, 0.5) is 17.2 Å². The van der Waals surface area contributed by atoms with E-state index in [9.17, 15) is 9.59 Å². The van der Waals surface area contributed by atoms with Crippen molar-refractivity contribution in [3.63, 3.8) is 0 Å². The number of ether oxygens (including phenoxy) is 1. The second-order valence-corrected chi connectivity index (χ2v) is 6.07. The number of carbonyl (C=O) groups excluding carboxylic acids is 2. The first-order valence-corrected chi connectivity index (χ1v) is 8.94. The molecule has 28 heavy (non-hydrogen) atoms. The third-order valence-corrected chi connectivity index (χ3v) is 4.01. The second kappa shape index (κ2) is 8.81. The summed E-state index contributed by atoms with van der Waals surface area (Å²) in [5.41, 5.74) is 2.27. The molecular weight excluding hydrogens is 354 g/mol. The van der Waals surface area contributed by atoms with E-state index in [1.165, 1.54) is 6.92 Å². The van der Waals surface area contributed by atoms with Gasteiger partial charge in [0.25, 0.3) is 5.91 Å². The number of anilines is 3. The van der Waals surface area contributed by atoms with Crippen LogP contribution in [0.1, 0.15) is 34.6 Å². The average Bonchev–Trinajstić information content (AvgIpc) is 2.70. The van der Waals surface area contributed by atoms with Gasteiger partial charge in [-0.1, -0.05) is 12.1 Å². The Morgan fingerprint density at radius 3 is 2.50 bits per heavy atom. The third-order valence-electron chi connectivity index (χ3n) is 4.01. The lowest BCUT2D eigenvalue weighted by atomic mass is 10.1. The monoisotopic (exact) mass is 375 g/mol. The second-order valence-electron chi connectivity index (χ2n) is 6.07. The van der Waals surface area contributed by atoms with Crippen molar-refractivity contribution in [2.24, 2.45) is 0 Å². The highest BCUT2D eigenvalue weighted by Gasteiger charge is 2.13. The van der Waals surface area contributed by atoms with Crippen molar-refractivity contribution >= 4 is 28.9 Å². The fourth-order valence-electron chi connectivity index (χ4n) is 2.64. The predicted octanol–water partition coefficient (Wildman–Crippen LogP) is 4.68. The van der Waals surface area contributed by atoms with Gasteiger partial charge in [-0.25, -0.2) is 4.98 Å². The molecule has 0 bridgehead atoms. The summed E-state index contributed by atoms with van der Waals surface area (Å²) in [6, 6.07) is 17.6. The molecule has 0 aliphatic carbocycles. The van der Waals surface area contributed by atoms with Crippen molar-refractivity contribution in [1.29, 1.82) is 0 Å².